The van der Waals surface area contributed by atoms with Crippen LogP contribution in [0.3, 0.4) is 0 Å². The van der Waals surface area contributed by atoms with Crippen LogP contribution >= 0.6 is 11.6 Å². The molecule has 1 aliphatic heterocycles. The monoisotopic (exact) mass is 414 g/mol. The molecule has 2 heterocycles. The summed E-state index contributed by atoms with van der Waals surface area (Å²) in [5.74, 6) is 0.504. The van der Waals surface area contributed by atoms with Crippen molar-refractivity contribution in [1.29, 1.82) is 0 Å². The van der Waals surface area contributed by atoms with Gasteiger partial charge in [0.05, 0.1) is 6.54 Å². The zero-order chi connectivity index (χ0) is 20.4. The van der Waals surface area contributed by atoms with Gasteiger partial charge in [-0.3, -0.25) is 9.69 Å². The summed E-state index contributed by atoms with van der Waals surface area (Å²) in [7, 11) is 0. The number of carbonyl (C=O) groups is 1. The fourth-order valence-corrected chi connectivity index (χ4v) is 3.46. The van der Waals surface area contributed by atoms with Crippen molar-refractivity contribution in [1.82, 2.24) is 19.9 Å². The first kappa shape index (κ1) is 19.5. The average Bonchev–Trinajstić information content (AvgIpc) is 3.19. The molecule has 0 unspecified atom stereocenters. The van der Waals surface area contributed by atoms with Crippen LogP contribution in [0.15, 0.2) is 47.0 Å². The Bertz CT molecular complexity index is 1030. The lowest BCUT2D eigenvalue weighted by molar-refractivity contribution is 0.0614. The van der Waals surface area contributed by atoms with E-state index in [2.05, 4.69) is 15.0 Å². The first-order valence-corrected chi connectivity index (χ1v) is 9.74. The quantitative estimate of drug-likeness (QED) is 0.649. The Hall–Kier alpha value is -2.77. The summed E-state index contributed by atoms with van der Waals surface area (Å²) in [5, 5.41) is 4.63. The summed E-state index contributed by atoms with van der Waals surface area (Å²) in [6, 6.07) is 11.9. The molecule has 2 aromatic carbocycles. The number of hydrogen-bond acceptors (Lipinski definition) is 5. The number of aryl methyl sites for hydroxylation is 1. The van der Waals surface area contributed by atoms with E-state index < -0.39 is 0 Å². The van der Waals surface area contributed by atoms with Gasteiger partial charge in [-0.1, -0.05) is 35.0 Å². The molecule has 150 valence electrons. The van der Waals surface area contributed by atoms with Crippen molar-refractivity contribution in [3.63, 3.8) is 0 Å². The molecular formula is C21H20ClFN4O2. The summed E-state index contributed by atoms with van der Waals surface area (Å²) in [6.45, 7) is 4.66. The highest BCUT2D eigenvalue weighted by Gasteiger charge is 2.24. The van der Waals surface area contributed by atoms with Crippen molar-refractivity contribution in [3.8, 4) is 11.4 Å². The summed E-state index contributed by atoms with van der Waals surface area (Å²) in [5.41, 5.74) is 1.71. The number of hydrogen-bond donors (Lipinski definition) is 0. The molecule has 1 fully saturated rings. The molecule has 0 bridgehead atoms. The molecule has 6 nitrogen and oxygen atoms in total. The number of rotatable bonds is 4. The maximum Gasteiger partial charge on any atom is 0.254 e. The van der Waals surface area contributed by atoms with Crippen molar-refractivity contribution in [2.75, 3.05) is 26.2 Å². The number of halogens is 2. The summed E-state index contributed by atoms with van der Waals surface area (Å²) >= 11 is 6.01. The molecule has 1 saturated heterocycles. The molecule has 1 aromatic heterocycles. The van der Waals surface area contributed by atoms with Gasteiger partial charge in [0, 0.05) is 42.3 Å². The van der Waals surface area contributed by atoms with Crippen LogP contribution in [0.2, 0.25) is 5.02 Å². The molecule has 0 atom stereocenters. The van der Waals surface area contributed by atoms with Crippen molar-refractivity contribution < 1.29 is 13.7 Å². The van der Waals surface area contributed by atoms with Crippen molar-refractivity contribution in [2.45, 2.75) is 13.5 Å². The number of benzene rings is 2. The largest absolute Gasteiger partial charge is 0.338 e. The van der Waals surface area contributed by atoms with Gasteiger partial charge in [0.2, 0.25) is 11.7 Å². The van der Waals surface area contributed by atoms with Gasteiger partial charge in [0.1, 0.15) is 5.82 Å². The standard InChI is InChI=1S/C21H20ClFN4O2/c1-14-5-6-16(12-18(14)23)21(28)27-9-7-26(8-10-27)13-19-24-20(25-29-19)15-3-2-4-17(22)11-15/h2-6,11-12H,7-10,13H2,1H3. The molecular weight excluding hydrogens is 395 g/mol. The van der Waals surface area contributed by atoms with Crippen molar-refractivity contribution in [3.05, 3.63) is 70.3 Å². The normalized spacial score (nSPS) is 14.9. The van der Waals surface area contributed by atoms with E-state index in [0.29, 0.717) is 60.6 Å². The van der Waals surface area contributed by atoms with Crippen molar-refractivity contribution >= 4 is 17.5 Å². The van der Waals surface area contributed by atoms with Gasteiger partial charge in [0.15, 0.2) is 0 Å². The van der Waals surface area contributed by atoms with Gasteiger partial charge in [0.25, 0.3) is 5.91 Å². The molecule has 4 rings (SSSR count). The van der Waals surface area contributed by atoms with Gasteiger partial charge < -0.3 is 9.42 Å². The fourth-order valence-electron chi connectivity index (χ4n) is 3.27. The van der Waals surface area contributed by atoms with Crippen molar-refractivity contribution in [2.24, 2.45) is 0 Å². The molecule has 8 heteroatoms. The Morgan fingerprint density at radius 2 is 1.97 bits per heavy atom. The molecule has 0 N–H and O–H groups in total. The zero-order valence-corrected chi connectivity index (χ0v) is 16.7. The predicted octanol–water partition coefficient (Wildman–Crippen LogP) is 3.80. The maximum atomic E-state index is 13.7. The third-order valence-corrected chi connectivity index (χ3v) is 5.22. The topological polar surface area (TPSA) is 62.5 Å². The number of nitrogens with zero attached hydrogens (tertiary/aromatic N) is 4. The van der Waals surface area contributed by atoms with Crippen LogP contribution in [0.25, 0.3) is 11.4 Å². The molecule has 1 amide bonds. The number of carbonyl (C=O) groups excluding carboxylic acids is 1. The zero-order valence-electron chi connectivity index (χ0n) is 15.9. The first-order valence-electron chi connectivity index (χ1n) is 9.36. The summed E-state index contributed by atoms with van der Waals surface area (Å²) < 4.78 is 19.1. The maximum absolute atomic E-state index is 13.7. The number of aromatic nitrogens is 2. The fraction of sp³-hybridized carbons (Fsp3) is 0.286. The van der Waals surface area contributed by atoms with Crippen LogP contribution in [0.5, 0.6) is 0 Å². The molecule has 3 aromatic rings. The highest BCUT2D eigenvalue weighted by atomic mass is 35.5. The Morgan fingerprint density at radius 1 is 1.17 bits per heavy atom. The van der Waals surface area contributed by atoms with E-state index in [9.17, 15) is 9.18 Å². The number of amides is 1. The second-order valence-corrected chi connectivity index (χ2v) is 7.49. The van der Waals surface area contributed by atoms with Crippen LogP contribution < -0.4 is 0 Å². The second-order valence-electron chi connectivity index (χ2n) is 7.05. The third kappa shape index (κ3) is 4.46. The van der Waals surface area contributed by atoms with Gasteiger partial charge >= 0.3 is 0 Å². The van der Waals surface area contributed by atoms with Crippen LogP contribution in [0.4, 0.5) is 4.39 Å². The average molecular weight is 415 g/mol. The first-order chi connectivity index (χ1) is 14.0. The third-order valence-electron chi connectivity index (χ3n) is 4.99. The molecule has 0 aliphatic carbocycles. The Balaban J connectivity index is 1.34. The van der Waals surface area contributed by atoms with Gasteiger partial charge in [-0.05, 0) is 36.8 Å². The minimum absolute atomic E-state index is 0.149. The smallest absolute Gasteiger partial charge is 0.254 e. The molecule has 1 aliphatic rings. The van der Waals surface area contributed by atoms with Crippen LogP contribution in [-0.2, 0) is 6.54 Å². The lowest BCUT2D eigenvalue weighted by Crippen LogP contribution is -2.48. The van der Waals surface area contributed by atoms with Gasteiger partial charge in [-0.2, -0.15) is 4.98 Å². The number of piperazine rings is 1. The second kappa shape index (κ2) is 8.31. The van der Waals surface area contributed by atoms with E-state index in [-0.39, 0.29) is 11.7 Å². The molecule has 0 saturated carbocycles. The van der Waals surface area contributed by atoms with E-state index in [0.717, 1.165) is 5.56 Å². The van der Waals surface area contributed by atoms with Gasteiger partial charge in [-0.15, -0.1) is 0 Å². The highest BCUT2D eigenvalue weighted by molar-refractivity contribution is 6.30. The van der Waals surface area contributed by atoms with Crippen LogP contribution in [-0.4, -0.2) is 52.0 Å². The van der Waals surface area contributed by atoms with E-state index in [1.54, 1.807) is 36.1 Å². The minimum atomic E-state index is -0.360. The van der Waals surface area contributed by atoms with E-state index in [4.69, 9.17) is 16.1 Å². The molecule has 0 spiro atoms. The predicted molar refractivity (Wildman–Crippen MR) is 107 cm³/mol. The lowest BCUT2D eigenvalue weighted by Gasteiger charge is -2.34. The summed E-state index contributed by atoms with van der Waals surface area (Å²) in [4.78, 5) is 20.9. The Kier molecular flexibility index (Phi) is 5.60. The SMILES string of the molecule is Cc1ccc(C(=O)N2CCN(Cc3nc(-c4cccc(Cl)c4)no3)CC2)cc1F. The Labute approximate surface area is 172 Å². The molecule has 29 heavy (non-hydrogen) atoms. The van der Waals surface area contributed by atoms with Crippen LogP contribution in [0, 0.1) is 12.7 Å². The van der Waals surface area contributed by atoms with Gasteiger partial charge in [-0.25, -0.2) is 4.39 Å². The van der Waals surface area contributed by atoms with E-state index in [1.165, 1.54) is 6.07 Å². The lowest BCUT2D eigenvalue weighted by atomic mass is 10.1. The molecule has 0 radical (unpaired) electrons. The summed E-state index contributed by atoms with van der Waals surface area (Å²) in [6.07, 6.45) is 0. The van der Waals surface area contributed by atoms with Crippen LogP contribution in [0.1, 0.15) is 21.8 Å². The Morgan fingerprint density at radius 3 is 2.69 bits per heavy atom. The minimum Gasteiger partial charge on any atom is -0.338 e. The van der Waals surface area contributed by atoms with E-state index >= 15 is 0 Å². The van der Waals surface area contributed by atoms with E-state index in [1.807, 2.05) is 12.1 Å². The highest BCUT2D eigenvalue weighted by Crippen LogP contribution is 2.20.